The van der Waals surface area contributed by atoms with E-state index in [1.54, 1.807) is 6.20 Å². The number of aliphatic carboxylic acids is 2. The molecule has 4 atom stereocenters. The molecule has 0 bridgehead atoms. The Kier molecular flexibility index (Phi) is 12.6. The number of aromatic nitrogens is 2. The van der Waals surface area contributed by atoms with Crippen molar-refractivity contribution in [2.75, 3.05) is 0 Å². The molecule has 0 saturated heterocycles. The zero-order valence-corrected chi connectivity index (χ0v) is 15.1. The van der Waals surface area contributed by atoms with Crippen molar-refractivity contribution in [2.45, 2.75) is 24.4 Å². The monoisotopic (exact) mass is 394 g/mol. The fraction of sp³-hybridized carbons (Fsp3) is 0.333. The van der Waals surface area contributed by atoms with E-state index in [2.05, 4.69) is 9.97 Å². The van der Waals surface area contributed by atoms with E-state index < -0.39 is 36.4 Å². The average molecular weight is 396 g/mol. The van der Waals surface area contributed by atoms with Crippen LogP contribution in [0.4, 0.5) is 0 Å². The number of carbonyl (C=O) groups is 3. The fourth-order valence-electron chi connectivity index (χ4n) is 1.12. The molecule has 11 nitrogen and oxygen atoms in total. The number of aromatic amines is 1. The average Bonchev–Trinajstić information content (AvgIpc) is 3.03. The number of aldehydes is 1. The minimum Gasteiger partial charge on any atom is -0.547 e. The van der Waals surface area contributed by atoms with Crippen molar-refractivity contribution in [3.05, 3.63) is 24.3 Å². The minimum atomic E-state index is -2.36. The Balaban J connectivity index is 0. The first-order valence-electron chi connectivity index (χ1n) is 5.97. The van der Waals surface area contributed by atoms with Crippen LogP contribution in [0.25, 0.3) is 6.08 Å². The summed E-state index contributed by atoms with van der Waals surface area (Å²) in [7, 11) is 0. The van der Waals surface area contributed by atoms with E-state index in [9.17, 15) is 24.6 Å². The second-order valence-corrected chi connectivity index (χ2v) is 4.02. The SMILES string of the molecule is O=C([O-])C=Cc1c[nH]cn1.O=C[C@H](O)[C@@H](O)[C@H](O)[C@H](O)C(=O)[O-].[Zn+2]. The molecule has 5 N–H and O–H groups in total. The number of hydrogen-bond donors (Lipinski definition) is 5. The van der Waals surface area contributed by atoms with Crippen molar-refractivity contribution < 1.29 is 64.5 Å². The molecule has 24 heavy (non-hydrogen) atoms. The summed E-state index contributed by atoms with van der Waals surface area (Å²) in [6.45, 7) is 0. The maximum Gasteiger partial charge on any atom is 2.00 e. The van der Waals surface area contributed by atoms with Crippen molar-refractivity contribution in [1.29, 1.82) is 0 Å². The van der Waals surface area contributed by atoms with Gasteiger partial charge in [0.15, 0.2) is 6.29 Å². The van der Waals surface area contributed by atoms with Gasteiger partial charge in [-0.05, 0) is 12.2 Å². The van der Waals surface area contributed by atoms with Crippen molar-refractivity contribution in [1.82, 2.24) is 9.97 Å². The Bertz CT molecular complexity index is 535. The second kappa shape index (κ2) is 12.4. The third-order valence-electron chi connectivity index (χ3n) is 2.31. The standard InChI is InChI=1S/C6H6N2O2.C6H10O7.Zn/c9-6(10)2-1-5-3-7-4-8-5;7-1-2(8)3(9)4(10)5(11)6(12)13;/h1-4H,(H,7,8)(H,9,10);1-5,8-11H,(H,12,13);/q;;+2/p-2/t;2-,3+,4-,5-;/m.0./s1. The van der Waals surface area contributed by atoms with Crippen LogP contribution in [0, 0.1) is 0 Å². The molecule has 1 aromatic rings. The van der Waals surface area contributed by atoms with Gasteiger partial charge in [-0.25, -0.2) is 4.98 Å². The summed E-state index contributed by atoms with van der Waals surface area (Å²) in [6, 6.07) is 0. The molecule has 0 aromatic carbocycles. The van der Waals surface area contributed by atoms with Crippen LogP contribution in [-0.2, 0) is 33.9 Å². The molecule has 0 amide bonds. The predicted molar refractivity (Wildman–Crippen MR) is 67.7 cm³/mol. The summed E-state index contributed by atoms with van der Waals surface area (Å²) < 4.78 is 0. The first-order chi connectivity index (χ1) is 10.7. The van der Waals surface area contributed by atoms with Gasteiger partial charge in [-0.1, -0.05) is 0 Å². The Morgan fingerprint density at radius 3 is 2.12 bits per heavy atom. The number of aliphatic hydroxyl groups excluding tert-OH is 4. The summed E-state index contributed by atoms with van der Waals surface area (Å²) >= 11 is 0. The quantitative estimate of drug-likeness (QED) is 0.168. The van der Waals surface area contributed by atoms with E-state index in [4.69, 9.17) is 20.4 Å². The van der Waals surface area contributed by atoms with Gasteiger partial charge in [0.2, 0.25) is 0 Å². The number of hydrogen-bond acceptors (Lipinski definition) is 10. The second-order valence-electron chi connectivity index (χ2n) is 4.02. The Morgan fingerprint density at radius 2 is 1.75 bits per heavy atom. The Labute approximate surface area is 148 Å². The third-order valence-corrected chi connectivity index (χ3v) is 2.31. The zero-order valence-electron chi connectivity index (χ0n) is 12.2. The van der Waals surface area contributed by atoms with E-state index in [0.29, 0.717) is 5.69 Å². The maximum atomic E-state index is 9.95. The third kappa shape index (κ3) is 9.23. The Hall–Kier alpha value is -1.98. The number of nitrogens with one attached hydrogen (secondary N) is 1. The van der Waals surface area contributed by atoms with Gasteiger partial charge >= 0.3 is 19.5 Å². The molecule has 0 unspecified atom stereocenters. The van der Waals surface area contributed by atoms with Gasteiger partial charge in [0.05, 0.1) is 24.0 Å². The molecule has 12 heteroatoms. The van der Waals surface area contributed by atoms with E-state index >= 15 is 0 Å². The number of H-pyrrole nitrogens is 1. The molecule has 0 spiro atoms. The molecule has 128 valence electrons. The number of rotatable bonds is 7. The summed E-state index contributed by atoms with van der Waals surface area (Å²) in [4.78, 5) is 36.1. The van der Waals surface area contributed by atoms with E-state index in [-0.39, 0.29) is 25.8 Å². The molecule has 0 aliphatic rings. The zero-order chi connectivity index (χ0) is 18.0. The number of aliphatic hydroxyl groups is 4. The number of nitrogens with zero attached hydrogens (tertiary/aromatic N) is 1. The van der Waals surface area contributed by atoms with Crippen LogP contribution in [-0.4, -0.2) is 73.0 Å². The van der Waals surface area contributed by atoms with Crippen molar-refractivity contribution >= 4 is 24.3 Å². The number of carboxylic acid groups (broad SMARTS) is 2. The summed E-state index contributed by atoms with van der Waals surface area (Å²) in [6.07, 6.45) is -3.32. The van der Waals surface area contributed by atoms with Gasteiger partial charge in [-0.15, -0.1) is 0 Å². The minimum absolute atomic E-state index is 0. The van der Waals surface area contributed by atoms with Crippen LogP contribution in [0.2, 0.25) is 0 Å². The fourth-order valence-corrected chi connectivity index (χ4v) is 1.12. The molecule has 1 heterocycles. The number of imidazole rings is 1. The van der Waals surface area contributed by atoms with Crippen LogP contribution >= 0.6 is 0 Å². The van der Waals surface area contributed by atoms with Gasteiger partial charge < -0.3 is 50.0 Å². The molecule has 0 fully saturated rings. The molecule has 0 saturated carbocycles. The molecular weight excluding hydrogens is 382 g/mol. The number of carboxylic acids is 2. The Morgan fingerprint density at radius 1 is 1.17 bits per heavy atom. The van der Waals surface area contributed by atoms with E-state index in [1.165, 1.54) is 12.4 Å². The van der Waals surface area contributed by atoms with Crippen LogP contribution in [0.1, 0.15) is 5.69 Å². The first kappa shape index (κ1) is 24.3. The summed E-state index contributed by atoms with van der Waals surface area (Å²) in [5.74, 6) is -3.23. The first-order valence-corrected chi connectivity index (χ1v) is 5.97. The molecule has 0 radical (unpaired) electrons. The normalized spacial score (nSPS) is 15.2. The number of carbonyl (C=O) groups excluding carboxylic acids is 3. The smallest absolute Gasteiger partial charge is 0.547 e. The van der Waals surface area contributed by atoms with Crippen molar-refractivity contribution in [2.24, 2.45) is 0 Å². The van der Waals surface area contributed by atoms with Crippen molar-refractivity contribution in [3.63, 3.8) is 0 Å². The van der Waals surface area contributed by atoms with Gasteiger partial charge in [0.1, 0.15) is 24.4 Å². The van der Waals surface area contributed by atoms with E-state index in [1.807, 2.05) is 0 Å². The van der Waals surface area contributed by atoms with Crippen LogP contribution in [0.5, 0.6) is 0 Å². The molecular formula is C12H14N2O9Zn. The largest absolute Gasteiger partial charge is 2.00 e. The summed E-state index contributed by atoms with van der Waals surface area (Å²) in [5, 5.41) is 54.7. The van der Waals surface area contributed by atoms with Crippen LogP contribution < -0.4 is 10.2 Å². The van der Waals surface area contributed by atoms with Gasteiger partial charge in [-0.2, -0.15) is 0 Å². The molecule has 1 rings (SSSR count). The summed E-state index contributed by atoms with van der Waals surface area (Å²) in [5.41, 5.74) is 0.573. The molecule has 0 aliphatic carbocycles. The van der Waals surface area contributed by atoms with Crippen molar-refractivity contribution in [3.8, 4) is 0 Å². The predicted octanol–water partition coefficient (Wildman–Crippen LogP) is -5.45. The van der Waals surface area contributed by atoms with Gasteiger partial charge in [0, 0.05) is 6.20 Å². The van der Waals surface area contributed by atoms with Crippen LogP contribution in [0.15, 0.2) is 18.6 Å². The molecule has 1 aromatic heterocycles. The van der Waals surface area contributed by atoms with Gasteiger partial charge in [-0.3, -0.25) is 0 Å². The van der Waals surface area contributed by atoms with Gasteiger partial charge in [0.25, 0.3) is 0 Å². The van der Waals surface area contributed by atoms with Crippen LogP contribution in [0.3, 0.4) is 0 Å². The topological polar surface area (TPSA) is 207 Å². The van der Waals surface area contributed by atoms with E-state index in [0.717, 1.165) is 6.08 Å². The molecule has 0 aliphatic heterocycles. The maximum absolute atomic E-state index is 9.95.